The number of halogens is 1. The van der Waals surface area contributed by atoms with Gasteiger partial charge >= 0.3 is 0 Å². The number of hydrogen-bond acceptors (Lipinski definition) is 2. The number of aliphatic hydroxyl groups excluding tert-OH is 1. The van der Waals surface area contributed by atoms with E-state index >= 15 is 0 Å². The zero-order valence-corrected chi connectivity index (χ0v) is 12.9. The van der Waals surface area contributed by atoms with E-state index in [9.17, 15) is 5.11 Å². The van der Waals surface area contributed by atoms with Gasteiger partial charge in [0.2, 0.25) is 0 Å². The maximum Gasteiger partial charge on any atom is 0.0864 e. The van der Waals surface area contributed by atoms with Crippen molar-refractivity contribution in [3.63, 3.8) is 0 Å². The van der Waals surface area contributed by atoms with E-state index in [0.717, 1.165) is 17.6 Å². The fourth-order valence-corrected chi connectivity index (χ4v) is 4.28. The Morgan fingerprint density at radius 1 is 1.45 bits per heavy atom. The molecule has 2 heterocycles. The summed E-state index contributed by atoms with van der Waals surface area (Å²) in [7, 11) is 2.16. The van der Waals surface area contributed by atoms with E-state index in [1.165, 1.54) is 27.6 Å². The molecular weight excluding hydrogens is 316 g/mol. The maximum atomic E-state index is 9.51. The van der Waals surface area contributed by atoms with Crippen molar-refractivity contribution >= 4 is 32.4 Å². The summed E-state index contributed by atoms with van der Waals surface area (Å²) in [5.74, 6) is 0.241. The van der Waals surface area contributed by atoms with Crippen LogP contribution in [-0.2, 0) is 6.42 Å². The molecule has 4 heteroatoms. The molecule has 1 aliphatic carbocycles. The van der Waals surface area contributed by atoms with Crippen LogP contribution in [-0.4, -0.2) is 41.2 Å². The quantitative estimate of drug-likeness (QED) is 0.842. The summed E-state index contributed by atoms with van der Waals surface area (Å²) < 4.78 is 1.11. The van der Waals surface area contributed by atoms with Crippen LogP contribution in [0.25, 0.3) is 16.5 Å². The second-order valence-corrected chi connectivity index (χ2v) is 6.66. The van der Waals surface area contributed by atoms with E-state index in [1.54, 1.807) is 0 Å². The second-order valence-electron chi connectivity index (χ2n) is 5.87. The van der Waals surface area contributed by atoms with Crippen LogP contribution in [0.2, 0.25) is 0 Å². The van der Waals surface area contributed by atoms with Gasteiger partial charge in [-0.3, -0.25) is 4.90 Å². The van der Waals surface area contributed by atoms with Crippen molar-refractivity contribution < 1.29 is 5.11 Å². The average molecular weight is 333 g/mol. The number of aromatic amines is 1. The number of aromatic nitrogens is 1. The fraction of sp³-hybridized carbons (Fsp3) is 0.375. The van der Waals surface area contributed by atoms with Gasteiger partial charge in [-0.2, -0.15) is 0 Å². The van der Waals surface area contributed by atoms with Gasteiger partial charge < -0.3 is 10.1 Å². The van der Waals surface area contributed by atoms with Crippen molar-refractivity contribution in [3.05, 3.63) is 40.0 Å². The molecule has 0 saturated heterocycles. The minimum Gasteiger partial charge on any atom is -0.396 e. The molecule has 0 spiro atoms. The number of hydrogen-bond donors (Lipinski definition) is 2. The second kappa shape index (κ2) is 4.45. The summed E-state index contributed by atoms with van der Waals surface area (Å²) in [4.78, 5) is 5.80. The van der Waals surface area contributed by atoms with Crippen LogP contribution in [0.3, 0.4) is 0 Å². The van der Waals surface area contributed by atoms with Crippen LogP contribution in [0.15, 0.2) is 28.9 Å². The number of H-pyrrole nitrogens is 1. The molecule has 0 radical (unpaired) electrons. The van der Waals surface area contributed by atoms with Gasteiger partial charge in [-0.1, -0.05) is 18.2 Å². The Morgan fingerprint density at radius 3 is 3.10 bits per heavy atom. The molecule has 1 aromatic carbocycles. The zero-order valence-electron chi connectivity index (χ0n) is 11.4. The SMILES string of the molecule is CN1C[C@H](CO)C=C2c3cccc4[nH]c(Br)c(c34)C[C@H]21. The lowest BCUT2D eigenvalue weighted by atomic mass is 9.80. The number of nitrogens with zero attached hydrogens (tertiary/aromatic N) is 1. The van der Waals surface area contributed by atoms with Crippen molar-refractivity contribution in [2.75, 3.05) is 20.2 Å². The molecule has 104 valence electrons. The van der Waals surface area contributed by atoms with Crippen LogP contribution in [0.5, 0.6) is 0 Å². The molecule has 2 aromatic rings. The Balaban J connectivity index is 1.99. The van der Waals surface area contributed by atoms with Gasteiger partial charge in [-0.15, -0.1) is 0 Å². The van der Waals surface area contributed by atoms with Crippen LogP contribution in [0.1, 0.15) is 11.1 Å². The van der Waals surface area contributed by atoms with Crippen molar-refractivity contribution in [1.29, 1.82) is 0 Å². The van der Waals surface area contributed by atoms with Gasteiger partial charge in [-0.05, 0) is 52.2 Å². The first-order valence-corrected chi connectivity index (χ1v) is 7.80. The van der Waals surface area contributed by atoms with Crippen LogP contribution >= 0.6 is 15.9 Å². The molecule has 2 atom stereocenters. The maximum absolute atomic E-state index is 9.51. The van der Waals surface area contributed by atoms with Gasteiger partial charge in [0.1, 0.15) is 0 Å². The molecule has 1 aromatic heterocycles. The van der Waals surface area contributed by atoms with Crippen molar-refractivity contribution in [2.24, 2.45) is 5.92 Å². The van der Waals surface area contributed by atoms with Crippen molar-refractivity contribution in [3.8, 4) is 0 Å². The van der Waals surface area contributed by atoms with Gasteiger partial charge in [0.15, 0.2) is 0 Å². The summed E-state index contributed by atoms with van der Waals surface area (Å²) in [6.45, 7) is 1.15. The Hall–Kier alpha value is -1.10. The third-order valence-corrected chi connectivity index (χ3v) is 5.32. The predicted molar refractivity (Wildman–Crippen MR) is 84.7 cm³/mol. The summed E-state index contributed by atoms with van der Waals surface area (Å²) in [5, 5.41) is 10.8. The fourth-order valence-electron chi connectivity index (χ4n) is 3.71. The lowest BCUT2D eigenvalue weighted by Crippen LogP contribution is -2.43. The minimum atomic E-state index is 0.222. The van der Waals surface area contributed by atoms with E-state index in [1.807, 2.05) is 0 Å². The first-order chi connectivity index (χ1) is 9.69. The summed E-state index contributed by atoms with van der Waals surface area (Å²) in [6, 6.07) is 6.86. The molecule has 20 heavy (non-hydrogen) atoms. The van der Waals surface area contributed by atoms with Crippen molar-refractivity contribution in [1.82, 2.24) is 9.88 Å². The third kappa shape index (κ3) is 1.65. The normalized spacial score (nSPS) is 25.6. The van der Waals surface area contributed by atoms with Crippen LogP contribution in [0, 0.1) is 5.92 Å². The molecule has 3 nitrogen and oxygen atoms in total. The number of rotatable bonds is 1. The van der Waals surface area contributed by atoms with E-state index < -0.39 is 0 Å². The highest BCUT2D eigenvalue weighted by atomic mass is 79.9. The molecule has 0 bridgehead atoms. The molecule has 0 amide bonds. The Morgan fingerprint density at radius 2 is 2.30 bits per heavy atom. The predicted octanol–water partition coefficient (Wildman–Crippen LogP) is 2.79. The standard InChI is InChI=1S/C16H17BrN2O/c1-19-7-9(8-20)5-11-10-3-2-4-13-15(10)12(6-14(11)19)16(17)18-13/h2-5,9,14,18,20H,6-8H2,1H3/t9-,14-/m1/s1. The summed E-state index contributed by atoms with van der Waals surface area (Å²) >= 11 is 3.67. The molecular formula is C16H17BrN2O. The number of aliphatic hydroxyl groups is 1. The first-order valence-electron chi connectivity index (χ1n) is 7.01. The topological polar surface area (TPSA) is 39.3 Å². The van der Waals surface area contributed by atoms with E-state index in [-0.39, 0.29) is 12.5 Å². The highest BCUT2D eigenvalue weighted by molar-refractivity contribution is 9.10. The molecule has 0 unspecified atom stereocenters. The van der Waals surface area contributed by atoms with Crippen LogP contribution in [0.4, 0.5) is 0 Å². The molecule has 4 rings (SSSR count). The van der Waals surface area contributed by atoms with Gasteiger partial charge in [-0.25, -0.2) is 0 Å². The zero-order chi connectivity index (χ0) is 13.9. The number of likely N-dealkylation sites (N-methyl/N-ethyl adjacent to an activating group) is 1. The lowest BCUT2D eigenvalue weighted by Gasteiger charge is -2.39. The molecule has 1 aliphatic heterocycles. The largest absolute Gasteiger partial charge is 0.396 e. The van der Waals surface area contributed by atoms with E-state index in [4.69, 9.17) is 0 Å². The first kappa shape index (κ1) is 12.6. The number of nitrogens with one attached hydrogen (secondary N) is 1. The van der Waals surface area contributed by atoms with E-state index in [0.29, 0.717) is 6.04 Å². The Bertz CT molecular complexity index is 719. The Labute approximate surface area is 126 Å². The third-order valence-electron chi connectivity index (χ3n) is 4.65. The van der Waals surface area contributed by atoms with Gasteiger partial charge in [0.25, 0.3) is 0 Å². The summed E-state index contributed by atoms with van der Waals surface area (Å²) in [5.41, 5.74) is 5.27. The highest BCUT2D eigenvalue weighted by Gasteiger charge is 2.34. The number of benzene rings is 1. The van der Waals surface area contributed by atoms with Crippen LogP contribution < -0.4 is 0 Å². The van der Waals surface area contributed by atoms with Gasteiger partial charge in [0, 0.05) is 29.4 Å². The highest BCUT2D eigenvalue weighted by Crippen LogP contribution is 2.43. The smallest absolute Gasteiger partial charge is 0.0864 e. The minimum absolute atomic E-state index is 0.222. The Kier molecular flexibility index (Phi) is 2.81. The molecule has 0 saturated carbocycles. The summed E-state index contributed by atoms with van der Waals surface area (Å²) in [6.07, 6.45) is 3.31. The average Bonchev–Trinajstić information content (AvgIpc) is 2.77. The van der Waals surface area contributed by atoms with E-state index in [2.05, 4.69) is 57.1 Å². The lowest BCUT2D eigenvalue weighted by molar-refractivity contribution is 0.181. The molecule has 2 N–H and O–H groups in total. The number of fused-ring (bicyclic) bond motifs is 2. The van der Waals surface area contributed by atoms with Gasteiger partial charge in [0.05, 0.1) is 11.2 Å². The monoisotopic (exact) mass is 332 g/mol. The molecule has 2 aliphatic rings. The van der Waals surface area contributed by atoms with Crippen molar-refractivity contribution in [2.45, 2.75) is 12.5 Å². The molecule has 0 fully saturated rings.